The summed E-state index contributed by atoms with van der Waals surface area (Å²) in [5.74, 6) is 0.561. The van der Waals surface area contributed by atoms with Gasteiger partial charge in [0.2, 0.25) is 5.88 Å². The molecule has 2 aliphatic rings. The van der Waals surface area contributed by atoms with Gasteiger partial charge in [-0.05, 0) is 38.0 Å². The van der Waals surface area contributed by atoms with Crippen LogP contribution < -0.4 is 19.9 Å². The molecule has 9 nitrogen and oxygen atoms in total. The molecular weight excluding hydrogens is 415 g/mol. The fourth-order valence-corrected chi connectivity index (χ4v) is 4.16. The standard InChI is InChI=1S/C22H21FN6O3/c1-11-15-7-12(23)3-6-18(15)31-13-4-5-14(8-13)32-21-19(17(9-24)29(2)28-21)16-10-26-20(25)22(27-16)30-11/h3,6-7,10-11,13-14H,4-5,8H2,1-2H3,(H2,25,26). The molecule has 3 heterocycles. The molecule has 1 aromatic carbocycles. The summed E-state index contributed by atoms with van der Waals surface area (Å²) in [5.41, 5.74) is 7.61. The van der Waals surface area contributed by atoms with Gasteiger partial charge in [-0.15, -0.1) is 5.10 Å². The molecular formula is C22H21FN6O3. The zero-order chi connectivity index (χ0) is 22.4. The third-order valence-corrected chi connectivity index (χ3v) is 5.75. The summed E-state index contributed by atoms with van der Waals surface area (Å²) in [6, 6.07) is 6.49. The first kappa shape index (κ1) is 20.1. The zero-order valence-corrected chi connectivity index (χ0v) is 17.6. The van der Waals surface area contributed by atoms with E-state index < -0.39 is 11.9 Å². The van der Waals surface area contributed by atoms with Gasteiger partial charge < -0.3 is 19.9 Å². The second-order valence-corrected chi connectivity index (χ2v) is 7.94. The number of rotatable bonds is 0. The molecule has 3 atom stereocenters. The number of nitriles is 1. The molecule has 1 aliphatic carbocycles. The fourth-order valence-electron chi connectivity index (χ4n) is 4.16. The van der Waals surface area contributed by atoms with E-state index in [9.17, 15) is 9.65 Å². The van der Waals surface area contributed by atoms with E-state index in [0.717, 1.165) is 12.8 Å². The Kier molecular flexibility index (Phi) is 4.81. The Bertz CT molecular complexity index is 1240. The second-order valence-electron chi connectivity index (χ2n) is 7.94. The number of aryl methyl sites for hydroxylation is 1. The maximum Gasteiger partial charge on any atom is 0.258 e. The van der Waals surface area contributed by atoms with Crippen molar-refractivity contribution >= 4 is 5.82 Å². The average molecular weight is 436 g/mol. The molecule has 0 saturated heterocycles. The van der Waals surface area contributed by atoms with Crippen molar-refractivity contribution in [2.75, 3.05) is 5.73 Å². The number of ether oxygens (including phenoxy) is 3. The highest BCUT2D eigenvalue weighted by Crippen LogP contribution is 2.39. The van der Waals surface area contributed by atoms with Crippen LogP contribution in [0.2, 0.25) is 0 Å². The second kappa shape index (κ2) is 7.67. The Labute approximate surface area is 183 Å². The molecule has 3 unspecified atom stereocenters. The largest absolute Gasteiger partial charge is 0.490 e. The van der Waals surface area contributed by atoms with Crippen molar-refractivity contribution < 1.29 is 18.6 Å². The van der Waals surface area contributed by atoms with Crippen molar-refractivity contribution in [2.24, 2.45) is 7.05 Å². The number of nitrogen functional groups attached to an aromatic ring is 1. The van der Waals surface area contributed by atoms with Gasteiger partial charge in [0.05, 0.1) is 6.20 Å². The van der Waals surface area contributed by atoms with Crippen molar-refractivity contribution in [3.8, 4) is 34.8 Å². The highest BCUT2D eigenvalue weighted by atomic mass is 19.1. The third kappa shape index (κ3) is 3.45. The van der Waals surface area contributed by atoms with Crippen LogP contribution in [0.4, 0.5) is 10.2 Å². The van der Waals surface area contributed by atoms with Crippen molar-refractivity contribution in [1.29, 1.82) is 5.26 Å². The molecule has 0 amide bonds. The van der Waals surface area contributed by atoms with Crippen LogP contribution >= 0.6 is 0 Å². The fraction of sp³-hybridized carbons (Fsp3) is 0.364. The third-order valence-electron chi connectivity index (χ3n) is 5.75. The molecule has 2 aromatic heterocycles. The van der Waals surface area contributed by atoms with Gasteiger partial charge in [0.15, 0.2) is 11.5 Å². The van der Waals surface area contributed by atoms with Crippen molar-refractivity contribution in [1.82, 2.24) is 19.7 Å². The molecule has 0 radical (unpaired) electrons. The number of fused-ring (bicyclic) bond motifs is 7. The minimum atomic E-state index is -0.618. The molecule has 32 heavy (non-hydrogen) atoms. The van der Waals surface area contributed by atoms with Crippen LogP contribution in [0, 0.1) is 17.1 Å². The first-order valence-corrected chi connectivity index (χ1v) is 10.3. The Hall–Kier alpha value is -3.87. The van der Waals surface area contributed by atoms with Gasteiger partial charge in [-0.1, -0.05) is 0 Å². The van der Waals surface area contributed by atoms with E-state index in [1.165, 1.54) is 23.0 Å². The van der Waals surface area contributed by atoms with E-state index >= 15 is 0 Å². The van der Waals surface area contributed by atoms with Crippen LogP contribution in [0.3, 0.4) is 0 Å². The quantitative estimate of drug-likeness (QED) is 0.570. The molecule has 10 heteroatoms. The maximum absolute atomic E-state index is 14.1. The number of benzene rings is 1. The topological polar surface area (TPSA) is 121 Å². The summed E-state index contributed by atoms with van der Waals surface area (Å²) in [7, 11) is 1.67. The summed E-state index contributed by atoms with van der Waals surface area (Å²) in [4.78, 5) is 8.69. The lowest BCUT2D eigenvalue weighted by Crippen LogP contribution is -2.19. The molecule has 1 aliphatic heterocycles. The Morgan fingerprint density at radius 3 is 2.75 bits per heavy atom. The van der Waals surface area contributed by atoms with Crippen LogP contribution in [0.5, 0.6) is 17.5 Å². The van der Waals surface area contributed by atoms with Crippen LogP contribution in [0.15, 0.2) is 24.4 Å². The van der Waals surface area contributed by atoms with Crippen molar-refractivity contribution in [3.05, 3.63) is 41.5 Å². The molecule has 3 aromatic rings. The molecule has 164 valence electrons. The van der Waals surface area contributed by atoms with Gasteiger partial charge >= 0.3 is 0 Å². The van der Waals surface area contributed by atoms with Gasteiger partial charge in [-0.2, -0.15) is 5.26 Å². The number of hydrogen-bond donors (Lipinski definition) is 1. The number of anilines is 1. The van der Waals surface area contributed by atoms with Gasteiger partial charge in [0, 0.05) is 19.0 Å². The molecule has 1 saturated carbocycles. The Balaban J connectivity index is 1.67. The monoisotopic (exact) mass is 436 g/mol. The van der Waals surface area contributed by atoms with E-state index in [4.69, 9.17) is 19.9 Å². The molecule has 1 fully saturated rings. The summed E-state index contributed by atoms with van der Waals surface area (Å²) < 4.78 is 33.9. The lowest BCUT2D eigenvalue weighted by atomic mass is 10.1. The summed E-state index contributed by atoms with van der Waals surface area (Å²) in [6.45, 7) is 1.76. The predicted molar refractivity (Wildman–Crippen MR) is 111 cm³/mol. The highest BCUT2D eigenvalue weighted by molar-refractivity contribution is 5.71. The van der Waals surface area contributed by atoms with Gasteiger partial charge in [-0.25, -0.2) is 14.4 Å². The minimum Gasteiger partial charge on any atom is -0.490 e. The number of nitrogens with zero attached hydrogens (tertiary/aromatic N) is 5. The summed E-state index contributed by atoms with van der Waals surface area (Å²) in [6.07, 6.45) is 2.73. The predicted octanol–water partition coefficient (Wildman–Crippen LogP) is 3.30. The minimum absolute atomic E-state index is 0.0592. The first-order valence-electron chi connectivity index (χ1n) is 10.3. The Morgan fingerprint density at radius 2 is 1.97 bits per heavy atom. The SMILES string of the molecule is CC1Oc2nc(cnc2N)-c2c(nn(C)c2C#N)OC2CCC(C2)Oc2ccc(F)cc21. The first-order chi connectivity index (χ1) is 15.4. The van der Waals surface area contributed by atoms with E-state index in [1.807, 2.05) is 0 Å². The van der Waals surface area contributed by atoms with Crippen LogP contribution in [-0.4, -0.2) is 32.0 Å². The molecule has 0 spiro atoms. The zero-order valence-electron chi connectivity index (χ0n) is 17.6. The summed E-state index contributed by atoms with van der Waals surface area (Å²) in [5, 5.41) is 14.1. The van der Waals surface area contributed by atoms with Gasteiger partial charge in [-0.3, -0.25) is 4.68 Å². The highest BCUT2D eigenvalue weighted by Gasteiger charge is 2.32. The molecule has 2 N–H and O–H groups in total. The Morgan fingerprint density at radius 1 is 1.19 bits per heavy atom. The van der Waals surface area contributed by atoms with E-state index in [0.29, 0.717) is 34.9 Å². The van der Waals surface area contributed by atoms with Gasteiger partial charge in [0.25, 0.3) is 5.88 Å². The number of nitrogens with two attached hydrogens (primary N) is 1. The average Bonchev–Trinajstić information content (AvgIpc) is 3.33. The number of halogens is 1. The smallest absolute Gasteiger partial charge is 0.258 e. The lowest BCUT2D eigenvalue weighted by molar-refractivity contribution is 0.154. The normalized spacial score (nSPS) is 21.8. The lowest BCUT2D eigenvalue weighted by Gasteiger charge is -2.22. The van der Waals surface area contributed by atoms with Crippen LogP contribution in [0.1, 0.15) is 43.5 Å². The van der Waals surface area contributed by atoms with Crippen molar-refractivity contribution in [2.45, 2.75) is 44.5 Å². The molecule has 4 bridgehead atoms. The number of aromatic nitrogens is 4. The van der Waals surface area contributed by atoms with Gasteiger partial charge in [0.1, 0.15) is 47.2 Å². The maximum atomic E-state index is 14.1. The number of hydrogen-bond acceptors (Lipinski definition) is 8. The van der Waals surface area contributed by atoms with E-state index in [1.54, 1.807) is 20.0 Å². The van der Waals surface area contributed by atoms with Crippen molar-refractivity contribution in [3.63, 3.8) is 0 Å². The molecule has 5 rings (SSSR count). The van der Waals surface area contributed by atoms with Crippen LogP contribution in [0.25, 0.3) is 11.3 Å². The van der Waals surface area contributed by atoms with E-state index in [2.05, 4.69) is 21.1 Å². The van der Waals surface area contributed by atoms with Crippen LogP contribution in [-0.2, 0) is 7.05 Å². The van der Waals surface area contributed by atoms with E-state index in [-0.39, 0.29) is 29.6 Å². The summed E-state index contributed by atoms with van der Waals surface area (Å²) >= 11 is 0.